The largest absolute Gasteiger partial charge is 0.497 e. The molecule has 0 radical (unpaired) electrons. The molecule has 32 heavy (non-hydrogen) atoms. The number of carbonyl (C=O) groups is 2. The fraction of sp³-hybridized carbons (Fsp3) is 0.440. The lowest BCUT2D eigenvalue weighted by Crippen LogP contribution is -2.40. The maximum Gasteiger partial charge on any atom is 0.265 e. The SMILES string of the molecule is COc1ccc(OCCCN2C(=O)COc3ccc(NC(=O)C4CCCCC4)cc32)cc1. The molecule has 1 saturated carbocycles. The van der Waals surface area contributed by atoms with E-state index in [1.54, 1.807) is 12.0 Å². The van der Waals surface area contributed by atoms with E-state index < -0.39 is 0 Å². The number of methoxy groups -OCH3 is 1. The molecule has 170 valence electrons. The highest BCUT2D eigenvalue weighted by Crippen LogP contribution is 2.35. The summed E-state index contributed by atoms with van der Waals surface area (Å²) >= 11 is 0. The zero-order chi connectivity index (χ0) is 22.3. The van der Waals surface area contributed by atoms with Crippen LogP contribution in [0.25, 0.3) is 0 Å². The van der Waals surface area contributed by atoms with E-state index in [1.807, 2.05) is 42.5 Å². The third-order valence-electron chi connectivity index (χ3n) is 6.00. The first-order chi connectivity index (χ1) is 15.6. The van der Waals surface area contributed by atoms with Crippen molar-refractivity contribution < 1.29 is 23.8 Å². The Morgan fingerprint density at radius 2 is 1.84 bits per heavy atom. The first-order valence-electron chi connectivity index (χ1n) is 11.3. The predicted molar refractivity (Wildman–Crippen MR) is 123 cm³/mol. The molecule has 1 fully saturated rings. The Kier molecular flexibility index (Phi) is 7.14. The number of fused-ring (bicyclic) bond motifs is 1. The monoisotopic (exact) mass is 438 g/mol. The van der Waals surface area contributed by atoms with Crippen LogP contribution in [0.3, 0.4) is 0 Å². The highest BCUT2D eigenvalue weighted by atomic mass is 16.5. The van der Waals surface area contributed by atoms with Gasteiger partial charge in [-0.25, -0.2) is 0 Å². The van der Waals surface area contributed by atoms with Gasteiger partial charge in [0.05, 0.1) is 19.4 Å². The van der Waals surface area contributed by atoms with Crippen LogP contribution in [-0.4, -0.2) is 38.7 Å². The van der Waals surface area contributed by atoms with Gasteiger partial charge >= 0.3 is 0 Å². The molecule has 0 aromatic heterocycles. The molecule has 1 heterocycles. The van der Waals surface area contributed by atoms with Crippen molar-refractivity contribution in [3.05, 3.63) is 42.5 Å². The molecule has 1 aliphatic carbocycles. The van der Waals surface area contributed by atoms with Gasteiger partial charge in [0, 0.05) is 18.2 Å². The fourth-order valence-electron chi connectivity index (χ4n) is 4.22. The number of benzene rings is 2. The minimum absolute atomic E-state index is 0.0140. The molecular formula is C25H30N2O5. The Bertz CT molecular complexity index is 938. The van der Waals surface area contributed by atoms with Crippen molar-refractivity contribution in [3.8, 4) is 17.2 Å². The summed E-state index contributed by atoms with van der Waals surface area (Å²) in [6, 6.07) is 12.9. The molecule has 0 atom stereocenters. The highest BCUT2D eigenvalue weighted by molar-refractivity contribution is 5.99. The Hall–Kier alpha value is -3.22. The Morgan fingerprint density at radius 3 is 2.59 bits per heavy atom. The molecule has 1 aliphatic heterocycles. The van der Waals surface area contributed by atoms with Crippen molar-refractivity contribution in [1.82, 2.24) is 0 Å². The van der Waals surface area contributed by atoms with E-state index in [0.29, 0.717) is 36.7 Å². The molecule has 0 saturated heterocycles. The van der Waals surface area contributed by atoms with E-state index in [9.17, 15) is 9.59 Å². The van der Waals surface area contributed by atoms with Crippen molar-refractivity contribution in [1.29, 1.82) is 0 Å². The van der Waals surface area contributed by atoms with E-state index >= 15 is 0 Å². The standard InChI is InChI=1S/C25H30N2O5/c1-30-20-9-11-21(12-10-20)31-15-5-14-27-22-16-19(8-13-23(22)32-17-24(27)28)26-25(29)18-6-3-2-4-7-18/h8-13,16,18H,2-7,14-15,17H2,1H3,(H,26,29). The summed E-state index contributed by atoms with van der Waals surface area (Å²) in [7, 11) is 1.62. The predicted octanol–water partition coefficient (Wildman–Crippen LogP) is 4.41. The van der Waals surface area contributed by atoms with E-state index in [-0.39, 0.29) is 24.3 Å². The number of ether oxygens (including phenoxy) is 3. The number of nitrogens with zero attached hydrogens (tertiary/aromatic N) is 1. The van der Waals surface area contributed by atoms with Crippen molar-refractivity contribution in [2.45, 2.75) is 38.5 Å². The molecule has 4 rings (SSSR count). The summed E-state index contributed by atoms with van der Waals surface area (Å²) in [5, 5.41) is 3.03. The summed E-state index contributed by atoms with van der Waals surface area (Å²) in [6.45, 7) is 0.996. The van der Waals surface area contributed by atoms with Crippen LogP contribution in [0.1, 0.15) is 38.5 Å². The summed E-state index contributed by atoms with van der Waals surface area (Å²) in [4.78, 5) is 26.9. The second kappa shape index (κ2) is 10.4. The van der Waals surface area contributed by atoms with E-state index in [2.05, 4.69) is 5.32 Å². The van der Waals surface area contributed by atoms with Crippen LogP contribution in [0.4, 0.5) is 11.4 Å². The number of anilines is 2. The lowest BCUT2D eigenvalue weighted by molar-refractivity contribution is -0.121. The quantitative estimate of drug-likeness (QED) is 0.618. The topological polar surface area (TPSA) is 77.1 Å². The van der Waals surface area contributed by atoms with Gasteiger partial charge in [0.15, 0.2) is 6.61 Å². The van der Waals surface area contributed by atoms with Gasteiger partial charge in [-0.1, -0.05) is 19.3 Å². The van der Waals surface area contributed by atoms with Gasteiger partial charge in [-0.15, -0.1) is 0 Å². The van der Waals surface area contributed by atoms with Crippen LogP contribution in [0.15, 0.2) is 42.5 Å². The highest BCUT2D eigenvalue weighted by Gasteiger charge is 2.26. The molecule has 0 unspecified atom stereocenters. The summed E-state index contributed by atoms with van der Waals surface area (Å²) in [5.74, 6) is 2.22. The summed E-state index contributed by atoms with van der Waals surface area (Å²) in [5.41, 5.74) is 1.38. The number of hydrogen-bond acceptors (Lipinski definition) is 5. The van der Waals surface area contributed by atoms with Crippen LogP contribution in [0, 0.1) is 5.92 Å². The van der Waals surface area contributed by atoms with Crippen LogP contribution in [-0.2, 0) is 9.59 Å². The molecule has 2 aromatic carbocycles. The molecule has 1 N–H and O–H groups in total. The lowest BCUT2D eigenvalue weighted by Gasteiger charge is -2.30. The number of amides is 2. The smallest absolute Gasteiger partial charge is 0.265 e. The van der Waals surface area contributed by atoms with Gasteiger partial charge in [0.1, 0.15) is 17.2 Å². The zero-order valence-corrected chi connectivity index (χ0v) is 18.5. The Labute approximate surface area is 188 Å². The van der Waals surface area contributed by atoms with Crippen molar-refractivity contribution >= 4 is 23.2 Å². The van der Waals surface area contributed by atoms with Crippen molar-refractivity contribution in [2.75, 3.05) is 37.1 Å². The van der Waals surface area contributed by atoms with Gasteiger partial charge in [0.25, 0.3) is 5.91 Å². The molecular weight excluding hydrogens is 408 g/mol. The normalized spacial score (nSPS) is 16.2. The Balaban J connectivity index is 1.36. The van der Waals surface area contributed by atoms with Crippen LogP contribution in [0.2, 0.25) is 0 Å². The summed E-state index contributed by atoms with van der Waals surface area (Å²) in [6.07, 6.45) is 5.97. The van der Waals surface area contributed by atoms with E-state index in [4.69, 9.17) is 14.2 Å². The van der Waals surface area contributed by atoms with Crippen LogP contribution >= 0.6 is 0 Å². The number of rotatable bonds is 8. The van der Waals surface area contributed by atoms with Gasteiger partial charge in [-0.05, 0) is 61.7 Å². The molecule has 7 heteroatoms. The van der Waals surface area contributed by atoms with Gasteiger partial charge < -0.3 is 24.4 Å². The average Bonchev–Trinajstić information content (AvgIpc) is 2.84. The minimum Gasteiger partial charge on any atom is -0.497 e. The lowest BCUT2D eigenvalue weighted by atomic mass is 9.88. The first-order valence-corrected chi connectivity index (χ1v) is 11.3. The number of carbonyl (C=O) groups excluding carboxylic acids is 2. The molecule has 0 spiro atoms. The minimum atomic E-state index is -0.0993. The second-order valence-electron chi connectivity index (χ2n) is 8.22. The van der Waals surface area contributed by atoms with Crippen molar-refractivity contribution in [3.63, 3.8) is 0 Å². The third kappa shape index (κ3) is 5.33. The second-order valence-corrected chi connectivity index (χ2v) is 8.22. The van der Waals surface area contributed by atoms with Crippen molar-refractivity contribution in [2.24, 2.45) is 5.92 Å². The zero-order valence-electron chi connectivity index (χ0n) is 18.5. The van der Waals surface area contributed by atoms with Gasteiger partial charge in [0.2, 0.25) is 5.91 Å². The molecule has 2 amide bonds. The van der Waals surface area contributed by atoms with E-state index in [1.165, 1.54) is 6.42 Å². The maximum atomic E-state index is 12.6. The Morgan fingerprint density at radius 1 is 1.09 bits per heavy atom. The fourth-order valence-corrected chi connectivity index (χ4v) is 4.22. The third-order valence-corrected chi connectivity index (χ3v) is 6.00. The van der Waals surface area contributed by atoms with Crippen LogP contribution in [0.5, 0.6) is 17.2 Å². The first kappa shape index (κ1) is 22.0. The maximum absolute atomic E-state index is 12.6. The number of nitrogens with one attached hydrogen (secondary N) is 1. The van der Waals surface area contributed by atoms with E-state index in [0.717, 1.165) is 37.2 Å². The molecule has 7 nitrogen and oxygen atoms in total. The van der Waals surface area contributed by atoms with Crippen LogP contribution < -0.4 is 24.4 Å². The molecule has 0 bridgehead atoms. The summed E-state index contributed by atoms with van der Waals surface area (Å²) < 4.78 is 16.5. The van der Waals surface area contributed by atoms with Gasteiger partial charge in [-0.2, -0.15) is 0 Å². The number of hydrogen-bond donors (Lipinski definition) is 1. The molecule has 2 aliphatic rings. The average molecular weight is 439 g/mol. The molecule has 2 aromatic rings. The van der Waals surface area contributed by atoms with Gasteiger partial charge in [-0.3, -0.25) is 9.59 Å².